The van der Waals surface area contributed by atoms with Gasteiger partial charge in [0.2, 0.25) is 0 Å². The zero-order valence-electron chi connectivity index (χ0n) is 16.5. The summed E-state index contributed by atoms with van der Waals surface area (Å²) in [7, 11) is 3.95. The number of anilines is 2. The van der Waals surface area contributed by atoms with Crippen molar-refractivity contribution in [2.24, 2.45) is 5.92 Å². The Morgan fingerprint density at radius 1 is 1.35 bits per heavy atom. The van der Waals surface area contributed by atoms with Crippen molar-refractivity contribution in [3.63, 3.8) is 0 Å². The van der Waals surface area contributed by atoms with Gasteiger partial charge in [0.25, 0.3) is 5.56 Å². The predicted octanol–water partition coefficient (Wildman–Crippen LogP) is 0.817. The maximum Gasteiger partial charge on any atom is 0.330 e. The smallest absolute Gasteiger partial charge is 0.330 e. The lowest BCUT2D eigenvalue weighted by Crippen LogP contribution is -2.47. The first-order chi connectivity index (χ1) is 12.2. The van der Waals surface area contributed by atoms with E-state index in [1.54, 1.807) is 4.90 Å². The molecule has 1 rings (SSSR count). The molecule has 0 radical (unpaired) electrons. The Morgan fingerprint density at radius 2 is 2.00 bits per heavy atom. The lowest BCUT2D eigenvalue weighted by molar-refractivity contribution is 0.412. The fourth-order valence-electron chi connectivity index (χ4n) is 2.50. The third-order valence-electron chi connectivity index (χ3n) is 3.85. The van der Waals surface area contributed by atoms with E-state index in [-0.39, 0.29) is 17.4 Å². The monoisotopic (exact) mass is 384 g/mol. The van der Waals surface area contributed by atoms with Gasteiger partial charge in [0.15, 0.2) is 10.8 Å². The summed E-state index contributed by atoms with van der Waals surface area (Å²) < 4.78 is 1.41. The maximum absolute atomic E-state index is 12.5. The number of aromatic nitrogens is 2. The van der Waals surface area contributed by atoms with Crippen LogP contribution >= 0.6 is 12.2 Å². The van der Waals surface area contributed by atoms with Crippen LogP contribution in [0.1, 0.15) is 33.6 Å². The molecule has 0 unspecified atom stereocenters. The first-order valence-electron chi connectivity index (χ1n) is 9.01. The van der Waals surface area contributed by atoms with E-state index in [4.69, 9.17) is 18.0 Å². The molecule has 0 spiro atoms. The minimum absolute atomic E-state index is 0.157. The highest BCUT2D eigenvalue weighted by atomic mass is 32.1. The standard InChI is InChI=1S/C17H32N6O2S/c1-6-7-9-22-14(18)13(15(24)20-16(22)25)23(11-12(2)3)17(26)19-8-10-21(4)5/h12H,6-11,18H2,1-5H3,(H,19,26)(H,20,24,25). The molecule has 0 fully saturated rings. The molecule has 0 atom stereocenters. The van der Waals surface area contributed by atoms with Crippen LogP contribution in [0.3, 0.4) is 0 Å². The molecule has 0 aliphatic carbocycles. The number of hydrogen-bond acceptors (Lipinski definition) is 5. The van der Waals surface area contributed by atoms with E-state index in [1.807, 2.05) is 39.8 Å². The minimum Gasteiger partial charge on any atom is -0.383 e. The molecule has 9 heteroatoms. The molecule has 0 saturated heterocycles. The van der Waals surface area contributed by atoms with Crippen molar-refractivity contribution >= 4 is 28.8 Å². The summed E-state index contributed by atoms with van der Waals surface area (Å²) in [5.74, 6) is 0.406. The van der Waals surface area contributed by atoms with Crippen molar-refractivity contribution in [1.82, 2.24) is 19.8 Å². The largest absolute Gasteiger partial charge is 0.383 e. The zero-order chi connectivity index (χ0) is 19.9. The second-order valence-corrected chi connectivity index (χ2v) is 7.42. The number of likely N-dealkylation sites (N-methyl/N-ethyl adjacent to an activating group) is 1. The summed E-state index contributed by atoms with van der Waals surface area (Å²) in [4.78, 5) is 30.8. The lowest BCUT2D eigenvalue weighted by atomic mass is 10.2. The van der Waals surface area contributed by atoms with E-state index in [0.717, 1.165) is 19.4 Å². The number of nitrogen functional groups attached to an aromatic ring is 1. The maximum atomic E-state index is 12.5. The van der Waals surface area contributed by atoms with E-state index >= 15 is 0 Å². The highest BCUT2D eigenvalue weighted by Crippen LogP contribution is 2.18. The molecule has 1 aromatic rings. The van der Waals surface area contributed by atoms with Crippen LogP contribution in [-0.4, -0.2) is 53.3 Å². The van der Waals surface area contributed by atoms with Crippen molar-refractivity contribution in [2.45, 2.75) is 40.2 Å². The molecule has 1 heterocycles. The van der Waals surface area contributed by atoms with E-state index in [1.165, 1.54) is 4.57 Å². The van der Waals surface area contributed by atoms with Gasteiger partial charge in [0.1, 0.15) is 5.82 Å². The van der Waals surface area contributed by atoms with Crippen LogP contribution in [0, 0.1) is 5.92 Å². The Bertz CT molecular complexity index is 710. The van der Waals surface area contributed by atoms with Crippen LogP contribution in [-0.2, 0) is 6.54 Å². The Kier molecular flexibility index (Phi) is 8.80. The normalized spacial score (nSPS) is 11.2. The molecule has 0 saturated carbocycles. The van der Waals surface area contributed by atoms with Crippen LogP contribution in [0.2, 0.25) is 0 Å². The number of thiocarbonyl (C=S) groups is 1. The lowest BCUT2D eigenvalue weighted by Gasteiger charge is -2.28. The number of nitrogens with zero attached hydrogens (tertiary/aromatic N) is 3. The van der Waals surface area contributed by atoms with Gasteiger partial charge < -0.3 is 20.9 Å². The van der Waals surface area contributed by atoms with Gasteiger partial charge in [-0.2, -0.15) is 0 Å². The molecule has 0 aromatic carbocycles. The Labute approximate surface area is 160 Å². The number of hydrogen-bond donors (Lipinski definition) is 3. The average Bonchev–Trinajstić information content (AvgIpc) is 2.52. The number of H-pyrrole nitrogens is 1. The topological polar surface area (TPSA) is 99.4 Å². The molecule has 0 aliphatic heterocycles. The molecule has 0 aliphatic rings. The van der Waals surface area contributed by atoms with Gasteiger partial charge in [-0.3, -0.25) is 14.3 Å². The summed E-state index contributed by atoms with van der Waals surface area (Å²) in [6.45, 7) is 8.53. The molecular formula is C17H32N6O2S. The van der Waals surface area contributed by atoms with Gasteiger partial charge in [-0.25, -0.2) is 4.79 Å². The second kappa shape index (κ2) is 10.3. The fraction of sp³-hybridized carbons (Fsp3) is 0.706. The highest BCUT2D eigenvalue weighted by molar-refractivity contribution is 7.80. The second-order valence-electron chi connectivity index (χ2n) is 7.04. The first-order valence-corrected chi connectivity index (χ1v) is 9.42. The van der Waals surface area contributed by atoms with Crippen molar-refractivity contribution in [3.8, 4) is 0 Å². The predicted molar refractivity (Wildman–Crippen MR) is 112 cm³/mol. The summed E-state index contributed by atoms with van der Waals surface area (Å²) >= 11 is 5.51. The average molecular weight is 385 g/mol. The molecule has 26 heavy (non-hydrogen) atoms. The number of rotatable bonds is 9. The van der Waals surface area contributed by atoms with E-state index in [0.29, 0.717) is 24.7 Å². The third kappa shape index (κ3) is 6.14. The number of nitrogens with two attached hydrogens (primary N) is 1. The van der Waals surface area contributed by atoms with Crippen LogP contribution in [0.15, 0.2) is 9.59 Å². The Morgan fingerprint density at radius 3 is 2.54 bits per heavy atom. The van der Waals surface area contributed by atoms with Gasteiger partial charge in [0, 0.05) is 26.2 Å². The summed E-state index contributed by atoms with van der Waals surface area (Å²) in [5, 5.41) is 3.60. The summed E-state index contributed by atoms with van der Waals surface area (Å²) in [6.07, 6.45) is 1.71. The van der Waals surface area contributed by atoms with Gasteiger partial charge in [-0.05, 0) is 38.7 Å². The highest BCUT2D eigenvalue weighted by Gasteiger charge is 2.22. The molecular weight excluding hydrogens is 352 g/mol. The molecule has 8 nitrogen and oxygen atoms in total. The van der Waals surface area contributed by atoms with Crippen molar-refractivity contribution in [1.29, 1.82) is 0 Å². The Hall–Kier alpha value is -1.87. The van der Waals surface area contributed by atoms with Crippen molar-refractivity contribution in [3.05, 3.63) is 20.8 Å². The first kappa shape index (κ1) is 22.2. The van der Waals surface area contributed by atoms with Crippen LogP contribution in [0.4, 0.5) is 11.5 Å². The summed E-state index contributed by atoms with van der Waals surface area (Å²) in [6, 6.07) is 0. The van der Waals surface area contributed by atoms with E-state index < -0.39 is 11.2 Å². The number of nitrogens with one attached hydrogen (secondary N) is 2. The van der Waals surface area contributed by atoms with E-state index in [2.05, 4.69) is 10.3 Å². The molecule has 148 valence electrons. The van der Waals surface area contributed by atoms with Crippen LogP contribution < -0.4 is 27.2 Å². The quantitative estimate of drug-likeness (QED) is 0.542. The summed E-state index contributed by atoms with van der Waals surface area (Å²) in [5.41, 5.74) is 5.45. The Balaban J connectivity index is 3.26. The minimum atomic E-state index is -0.516. The van der Waals surface area contributed by atoms with Gasteiger partial charge in [-0.1, -0.05) is 27.2 Å². The molecule has 4 N–H and O–H groups in total. The van der Waals surface area contributed by atoms with Crippen molar-refractivity contribution in [2.75, 3.05) is 44.4 Å². The van der Waals surface area contributed by atoms with Crippen LogP contribution in [0.5, 0.6) is 0 Å². The molecule has 0 amide bonds. The SMILES string of the molecule is CCCCn1c(N)c(N(CC(C)C)C(=S)NCCN(C)C)c(=O)[nH]c1=O. The fourth-order valence-corrected chi connectivity index (χ4v) is 2.77. The molecule has 0 bridgehead atoms. The van der Waals surface area contributed by atoms with E-state index in [9.17, 15) is 9.59 Å². The van der Waals surface area contributed by atoms with Gasteiger partial charge >= 0.3 is 5.69 Å². The number of unbranched alkanes of at least 4 members (excludes halogenated alkanes) is 1. The molecule has 1 aromatic heterocycles. The number of aromatic amines is 1. The zero-order valence-corrected chi connectivity index (χ0v) is 17.3. The van der Waals surface area contributed by atoms with Crippen molar-refractivity contribution < 1.29 is 0 Å². The van der Waals surface area contributed by atoms with Gasteiger partial charge in [-0.15, -0.1) is 0 Å². The van der Waals surface area contributed by atoms with Crippen LogP contribution in [0.25, 0.3) is 0 Å². The van der Waals surface area contributed by atoms with Gasteiger partial charge in [0.05, 0.1) is 0 Å². The third-order valence-corrected chi connectivity index (χ3v) is 4.21.